The number of benzene rings is 1. The normalized spacial score (nSPS) is 10.0. The van der Waals surface area contributed by atoms with Gasteiger partial charge in [-0.25, -0.2) is 0 Å². The van der Waals surface area contributed by atoms with E-state index < -0.39 is 0 Å². The zero-order chi connectivity index (χ0) is 11.1. The van der Waals surface area contributed by atoms with Gasteiger partial charge in [-0.2, -0.15) is 0 Å². The second kappa shape index (κ2) is 6.10. The molecule has 84 valence electrons. The lowest BCUT2D eigenvalue weighted by Crippen LogP contribution is -2.04. The number of aromatic hydroxyl groups is 1. The lowest BCUT2D eigenvalue weighted by Gasteiger charge is -2.10. The molecular formula is C10H14O5. The minimum Gasteiger partial charge on any atom is -0.502 e. The Morgan fingerprint density at radius 1 is 0.933 bits per heavy atom. The summed E-state index contributed by atoms with van der Waals surface area (Å²) < 4.78 is 10.1. The monoisotopic (exact) mass is 214 g/mol. The predicted octanol–water partition coefficient (Wildman–Crippen LogP) is 0.134. The summed E-state index contributed by atoms with van der Waals surface area (Å²) in [6.07, 6.45) is 0. The number of hydrogen-bond acceptors (Lipinski definition) is 5. The average Bonchev–Trinajstić information content (AvgIpc) is 2.26. The molecule has 0 unspecified atom stereocenters. The Labute approximate surface area is 87.5 Å². The largest absolute Gasteiger partial charge is 0.502 e. The highest BCUT2D eigenvalue weighted by Crippen LogP contribution is 2.35. The van der Waals surface area contributed by atoms with E-state index in [1.165, 1.54) is 0 Å². The van der Waals surface area contributed by atoms with Crippen LogP contribution in [0, 0.1) is 0 Å². The Morgan fingerprint density at radius 2 is 1.40 bits per heavy atom. The van der Waals surface area contributed by atoms with Gasteiger partial charge in [0, 0.05) is 0 Å². The molecule has 15 heavy (non-hydrogen) atoms. The molecule has 0 bridgehead atoms. The molecule has 0 aliphatic heterocycles. The molecule has 0 saturated carbocycles. The first kappa shape index (κ1) is 11.6. The van der Waals surface area contributed by atoms with Gasteiger partial charge in [0.15, 0.2) is 11.5 Å². The number of hydrogen-bond donors (Lipinski definition) is 3. The van der Waals surface area contributed by atoms with Crippen molar-refractivity contribution < 1.29 is 24.8 Å². The number of phenols is 1. The fraction of sp³-hybridized carbons (Fsp3) is 0.400. The van der Waals surface area contributed by atoms with Crippen molar-refractivity contribution >= 4 is 0 Å². The predicted molar refractivity (Wildman–Crippen MR) is 53.3 cm³/mol. The molecule has 1 aromatic rings. The van der Waals surface area contributed by atoms with Gasteiger partial charge in [-0.3, -0.25) is 0 Å². The maximum absolute atomic E-state index is 9.63. The molecule has 1 rings (SSSR count). The van der Waals surface area contributed by atoms with Crippen molar-refractivity contribution in [2.75, 3.05) is 26.4 Å². The van der Waals surface area contributed by atoms with Crippen LogP contribution in [0.25, 0.3) is 0 Å². The molecule has 0 radical (unpaired) electrons. The van der Waals surface area contributed by atoms with Crippen LogP contribution < -0.4 is 9.47 Å². The molecule has 0 atom stereocenters. The highest BCUT2D eigenvalue weighted by Gasteiger charge is 2.08. The van der Waals surface area contributed by atoms with Crippen molar-refractivity contribution in [3.05, 3.63) is 18.2 Å². The van der Waals surface area contributed by atoms with Gasteiger partial charge in [0.25, 0.3) is 0 Å². The van der Waals surface area contributed by atoms with Crippen LogP contribution in [0.4, 0.5) is 0 Å². The summed E-state index contributed by atoms with van der Waals surface area (Å²) in [7, 11) is 0. The van der Waals surface area contributed by atoms with E-state index in [2.05, 4.69) is 0 Å². The van der Waals surface area contributed by atoms with Gasteiger partial charge in [0.1, 0.15) is 13.2 Å². The molecule has 0 saturated heterocycles. The van der Waals surface area contributed by atoms with E-state index >= 15 is 0 Å². The first-order valence-corrected chi connectivity index (χ1v) is 4.59. The lowest BCUT2D eigenvalue weighted by molar-refractivity contribution is 0.186. The summed E-state index contributed by atoms with van der Waals surface area (Å²) in [5.74, 6) is 0.373. The van der Waals surface area contributed by atoms with Crippen molar-refractivity contribution in [2.45, 2.75) is 0 Å². The van der Waals surface area contributed by atoms with Gasteiger partial charge in [-0.05, 0) is 12.1 Å². The highest BCUT2D eigenvalue weighted by atomic mass is 16.5. The second-order valence-corrected chi connectivity index (χ2v) is 2.75. The van der Waals surface area contributed by atoms with E-state index in [0.29, 0.717) is 0 Å². The van der Waals surface area contributed by atoms with E-state index in [9.17, 15) is 5.11 Å². The zero-order valence-electron chi connectivity index (χ0n) is 8.22. The number of ether oxygens (including phenoxy) is 2. The molecule has 0 fully saturated rings. The summed E-state index contributed by atoms with van der Waals surface area (Å²) in [5, 5.41) is 26.7. The number of aliphatic hydroxyl groups excluding tert-OH is 2. The fourth-order valence-corrected chi connectivity index (χ4v) is 1.05. The van der Waals surface area contributed by atoms with Gasteiger partial charge >= 0.3 is 0 Å². The molecule has 0 amide bonds. The zero-order valence-corrected chi connectivity index (χ0v) is 8.22. The van der Waals surface area contributed by atoms with Crippen LogP contribution in [0.2, 0.25) is 0 Å². The number of aliphatic hydroxyl groups is 2. The summed E-state index contributed by atoms with van der Waals surface area (Å²) in [6, 6.07) is 4.78. The van der Waals surface area contributed by atoms with Crippen LogP contribution in [-0.2, 0) is 0 Å². The van der Waals surface area contributed by atoms with Crippen LogP contribution >= 0.6 is 0 Å². The smallest absolute Gasteiger partial charge is 0.200 e. The summed E-state index contributed by atoms with van der Waals surface area (Å²) in [5.41, 5.74) is 0. The van der Waals surface area contributed by atoms with Crippen molar-refractivity contribution in [1.82, 2.24) is 0 Å². The molecule has 5 heteroatoms. The molecule has 0 aromatic heterocycles. The maximum Gasteiger partial charge on any atom is 0.200 e. The summed E-state index contributed by atoms with van der Waals surface area (Å²) >= 11 is 0. The first-order chi connectivity index (χ1) is 7.29. The molecule has 0 spiro atoms. The topological polar surface area (TPSA) is 79.2 Å². The molecule has 0 aliphatic rings. The molecule has 0 heterocycles. The molecular weight excluding hydrogens is 200 g/mol. The van der Waals surface area contributed by atoms with Gasteiger partial charge in [-0.15, -0.1) is 0 Å². The third kappa shape index (κ3) is 3.30. The molecule has 3 N–H and O–H groups in total. The quantitative estimate of drug-likeness (QED) is 0.627. The summed E-state index contributed by atoms with van der Waals surface area (Å²) in [6.45, 7) is -0.0314. The van der Waals surface area contributed by atoms with Gasteiger partial charge < -0.3 is 24.8 Å². The Balaban J connectivity index is 2.71. The molecule has 1 aromatic carbocycles. The summed E-state index contributed by atoms with van der Waals surface area (Å²) in [4.78, 5) is 0. The Morgan fingerprint density at radius 3 is 1.80 bits per heavy atom. The fourth-order valence-electron chi connectivity index (χ4n) is 1.05. The van der Waals surface area contributed by atoms with Crippen LogP contribution in [-0.4, -0.2) is 41.7 Å². The van der Waals surface area contributed by atoms with Gasteiger partial charge in [-0.1, -0.05) is 6.07 Å². The van der Waals surface area contributed by atoms with Crippen molar-refractivity contribution in [3.63, 3.8) is 0 Å². The SMILES string of the molecule is OCCOc1cccc(OCCO)c1O. The van der Waals surface area contributed by atoms with Gasteiger partial charge in [0.05, 0.1) is 13.2 Å². The van der Waals surface area contributed by atoms with E-state index in [1.54, 1.807) is 18.2 Å². The standard InChI is InChI=1S/C10H14O5/c11-4-6-14-8-2-1-3-9(10(8)13)15-7-5-12/h1-3,11-13H,4-7H2. The minimum absolute atomic E-state index is 0.108. The number of phenolic OH excluding ortho intramolecular Hbond substituents is 1. The van der Waals surface area contributed by atoms with E-state index in [1.807, 2.05) is 0 Å². The van der Waals surface area contributed by atoms with Crippen LogP contribution in [0.3, 0.4) is 0 Å². The molecule has 5 nitrogen and oxygen atoms in total. The van der Waals surface area contributed by atoms with Crippen LogP contribution in [0.1, 0.15) is 0 Å². The van der Waals surface area contributed by atoms with E-state index in [-0.39, 0.29) is 43.7 Å². The Hall–Kier alpha value is -1.46. The third-order valence-corrected chi connectivity index (χ3v) is 1.66. The Bertz CT molecular complexity index is 274. The minimum atomic E-state index is -0.126. The van der Waals surface area contributed by atoms with Gasteiger partial charge in [0.2, 0.25) is 5.75 Å². The van der Waals surface area contributed by atoms with Crippen molar-refractivity contribution in [3.8, 4) is 17.2 Å². The van der Waals surface area contributed by atoms with E-state index in [0.717, 1.165) is 0 Å². The average molecular weight is 214 g/mol. The third-order valence-electron chi connectivity index (χ3n) is 1.66. The van der Waals surface area contributed by atoms with Crippen LogP contribution in [0.5, 0.6) is 17.2 Å². The van der Waals surface area contributed by atoms with Crippen molar-refractivity contribution in [1.29, 1.82) is 0 Å². The number of rotatable bonds is 6. The van der Waals surface area contributed by atoms with Crippen molar-refractivity contribution in [2.24, 2.45) is 0 Å². The number of para-hydroxylation sites is 1. The van der Waals surface area contributed by atoms with E-state index in [4.69, 9.17) is 19.7 Å². The highest BCUT2D eigenvalue weighted by molar-refractivity contribution is 5.49. The second-order valence-electron chi connectivity index (χ2n) is 2.75. The first-order valence-electron chi connectivity index (χ1n) is 4.59. The molecule has 0 aliphatic carbocycles. The van der Waals surface area contributed by atoms with Crippen LogP contribution in [0.15, 0.2) is 18.2 Å². The Kier molecular flexibility index (Phi) is 4.73. The maximum atomic E-state index is 9.63. The lowest BCUT2D eigenvalue weighted by atomic mass is 10.3.